The molecule has 2 rings (SSSR count). The van der Waals surface area contributed by atoms with E-state index in [1.807, 2.05) is 6.07 Å². The lowest BCUT2D eigenvalue weighted by atomic mass is 9.99. The molecule has 0 bridgehead atoms. The molecule has 5 heteroatoms. The van der Waals surface area contributed by atoms with Gasteiger partial charge in [0.05, 0.1) is 6.20 Å². The van der Waals surface area contributed by atoms with Crippen molar-refractivity contribution in [3.63, 3.8) is 0 Å². The highest BCUT2D eigenvalue weighted by molar-refractivity contribution is 6.33. The van der Waals surface area contributed by atoms with Crippen molar-refractivity contribution in [2.24, 2.45) is 0 Å². The van der Waals surface area contributed by atoms with Crippen LogP contribution in [0.4, 0.5) is 4.39 Å². The lowest BCUT2D eigenvalue weighted by Gasteiger charge is -2.20. The Hall–Kier alpha value is -1.16. The number of pyridine rings is 1. The van der Waals surface area contributed by atoms with Crippen LogP contribution in [0.15, 0.2) is 36.7 Å². The zero-order valence-electron chi connectivity index (χ0n) is 11.7. The molecule has 0 aliphatic rings. The fraction of sp³-hybridized carbons (Fsp3) is 0.312. The van der Waals surface area contributed by atoms with Crippen LogP contribution in [-0.4, -0.2) is 11.5 Å². The predicted molar refractivity (Wildman–Crippen MR) is 85.4 cm³/mol. The summed E-state index contributed by atoms with van der Waals surface area (Å²) in [5, 5.41) is 4.61. The van der Waals surface area contributed by atoms with Crippen LogP contribution in [-0.2, 0) is 6.42 Å². The van der Waals surface area contributed by atoms with Gasteiger partial charge in [0.25, 0.3) is 0 Å². The maximum Gasteiger partial charge on any atom is 0.146 e. The Morgan fingerprint density at radius 1 is 1.29 bits per heavy atom. The van der Waals surface area contributed by atoms with Gasteiger partial charge in [-0.3, -0.25) is 4.98 Å². The van der Waals surface area contributed by atoms with Gasteiger partial charge in [-0.2, -0.15) is 0 Å². The summed E-state index contributed by atoms with van der Waals surface area (Å²) in [5.74, 6) is -0.316. The molecule has 0 aliphatic carbocycles. The van der Waals surface area contributed by atoms with E-state index in [1.54, 1.807) is 24.4 Å². The van der Waals surface area contributed by atoms with E-state index in [0.29, 0.717) is 22.0 Å². The second kappa shape index (κ2) is 7.74. The molecule has 0 saturated carbocycles. The summed E-state index contributed by atoms with van der Waals surface area (Å²) in [4.78, 5) is 3.80. The van der Waals surface area contributed by atoms with Crippen molar-refractivity contribution in [3.8, 4) is 0 Å². The SMILES string of the molecule is CCCNC(Cc1cc(Cl)ccc1Cl)c1ccncc1F. The van der Waals surface area contributed by atoms with Gasteiger partial charge in [-0.25, -0.2) is 4.39 Å². The zero-order valence-corrected chi connectivity index (χ0v) is 13.3. The predicted octanol–water partition coefficient (Wildman–Crippen LogP) is 4.81. The topological polar surface area (TPSA) is 24.9 Å². The first-order chi connectivity index (χ1) is 10.1. The number of nitrogens with zero attached hydrogens (tertiary/aromatic N) is 1. The summed E-state index contributed by atoms with van der Waals surface area (Å²) in [6.45, 7) is 2.87. The number of nitrogens with one attached hydrogen (secondary N) is 1. The summed E-state index contributed by atoms with van der Waals surface area (Å²) in [6.07, 6.45) is 4.36. The number of hydrogen-bond acceptors (Lipinski definition) is 2. The zero-order chi connectivity index (χ0) is 15.2. The van der Waals surface area contributed by atoms with Crippen molar-refractivity contribution in [3.05, 3.63) is 63.6 Å². The molecule has 0 radical (unpaired) electrons. The third-order valence-electron chi connectivity index (χ3n) is 3.25. The monoisotopic (exact) mass is 326 g/mol. The fourth-order valence-corrected chi connectivity index (χ4v) is 2.59. The molecule has 2 nitrogen and oxygen atoms in total. The Labute approximate surface area is 134 Å². The van der Waals surface area contributed by atoms with Gasteiger partial charge < -0.3 is 5.32 Å². The minimum absolute atomic E-state index is 0.163. The van der Waals surface area contributed by atoms with Crippen molar-refractivity contribution in [2.45, 2.75) is 25.8 Å². The molecule has 2 aromatic rings. The van der Waals surface area contributed by atoms with Crippen LogP contribution in [0, 0.1) is 5.82 Å². The van der Waals surface area contributed by atoms with Gasteiger partial charge in [-0.1, -0.05) is 30.1 Å². The number of halogens is 3. The van der Waals surface area contributed by atoms with Crippen LogP contribution in [0.3, 0.4) is 0 Å². The first-order valence-corrected chi connectivity index (χ1v) is 7.64. The Balaban J connectivity index is 2.28. The number of benzene rings is 1. The van der Waals surface area contributed by atoms with Gasteiger partial charge in [0, 0.05) is 27.8 Å². The minimum atomic E-state index is -0.316. The van der Waals surface area contributed by atoms with E-state index < -0.39 is 0 Å². The summed E-state index contributed by atoms with van der Waals surface area (Å²) >= 11 is 12.2. The smallest absolute Gasteiger partial charge is 0.146 e. The maximum absolute atomic E-state index is 14.0. The van der Waals surface area contributed by atoms with E-state index in [-0.39, 0.29) is 11.9 Å². The molecule has 0 amide bonds. The molecule has 112 valence electrons. The highest BCUT2D eigenvalue weighted by Gasteiger charge is 2.17. The molecule has 0 aliphatic heterocycles. The van der Waals surface area contributed by atoms with E-state index in [2.05, 4.69) is 17.2 Å². The standard InChI is InChI=1S/C16H17Cl2FN2/c1-2-6-21-16(13-5-7-20-10-15(13)19)9-11-8-12(17)3-4-14(11)18/h3-5,7-8,10,16,21H,2,6,9H2,1H3. The van der Waals surface area contributed by atoms with E-state index in [4.69, 9.17) is 23.2 Å². The molecule has 1 unspecified atom stereocenters. The Morgan fingerprint density at radius 3 is 2.81 bits per heavy atom. The summed E-state index contributed by atoms with van der Waals surface area (Å²) in [6, 6.07) is 6.86. The molecule has 1 atom stereocenters. The van der Waals surface area contributed by atoms with Gasteiger partial charge in [-0.15, -0.1) is 0 Å². The van der Waals surface area contributed by atoms with Crippen molar-refractivity contribution in [1.82, 2.24) is 10.3 Å². The molecule has 0 saturated heterocycles. The van der Waals surface area contributed by atoms with Crippen LogP contribution in [0.2, 0.25) is 10.0 Å². The van der Waals surface area contributed by atoms with Crippen molar-refractivity contribution in [2.75, 3.05) is 6.54 Å². The molecule has 1 aromatic heterocycles. The van der Waals surface area contributed by atoms with Crippen LogP contribution < -0.4 is 5.32 Å². The largest absolute Gasteiger partial charge is 0.310 e. The molecule has 1 N–H and O–H groups in total. The molecule has 0 spiro atoms. The second-order valence-electron chi connectivity index (χ2n) is 4.84. The Kier molecular flexibility index (Phi) is 5.97. The van der Waals surface area contributed by atoms with E-state index in [9.17, 15) is 4.39 Å². The Bertz CT molecular complexity index is 605. The number of rotatable bonds is 6. The number of hydrogen-bond donors (Lipinski definition) is 1. The average molecular weight is 327 g/mol. The highest BCUT2D eigenvalue weighted by atomic mass is 35.5. The molecule has 21 heavy (non-hydrogen) atoms. The average Bonchev–Trinajstić information content (AvgIpc) is 2.48. The first kappa shape index (κ1) is 16.2. The summed E-state index contributed by atoms with van der Waals surface area (Å²) < 4.78 is 14.0. The fourth-order valence-electron chi connectivity index (χ4n) is 2.20. The lowest BCUT2D eigenvalue weighted by molar-refractivity contribution is 0.495. The Morgan fingerprint density at radius 2 is 2.10 bits per heavy atom. The van der Waals surface area contributed by atoms with Crippen LogP contribution in [0.1, 0.15) is 30.5 Å². The van der Waals surface area contributed by atoms with Crippen LogP contribution in [0.5, 0.6) is 0 Å². The van der Waals surface area contributed by atoms with Crippen molar-refractivity contribution < 1.29 is 4.39 Å². The molecule has 1 aromatic carbocycles. The summed E-state index contributed by atoms with van der Waals surface area (Å²) in [5.41, 5.74) is 1.49. The van der Waals surface area contributed by atoms with Gasteiger partial charge in [0.15, 0.2) is 0 Å². The second-order valence-corrected chi connectivity index (χ2v) is 5.69. The number of aromatic nitrogens is 1. The summed E-state index contributed by atoms with van der Waals surface area (Å²) in [7, 11) is 0. The van der Waals surface area contributed by atoms with E-state index in [0.717, 1.165) is 18.5 Å². The minimum Gasteiger partial charge on any atom is -0.310 e. The van der Waals surface area contributed by atoms with Crippen molar-refractivity contribution >= 4 is 23.2 Å². The molecular formula is C16H17Cl2FN2. The third kappa shape index (κ3) is 4.40. The van der Waals surface area contributed by atoms with Crippen LogP contribution in [0.25, 0.3) is 0 Å². The highest BCUT2D eigenvalue weighted by Crippen LogP contribution is 2.27. The van der Waals surface area contributed by atoms with E-state index in [1.165, 1.54) is 6.20 Å². The van der Waals surface area contributed by atoms with Crippen LogP contribution >= 0.6 is 23.2 Å². The first-order valence-electron chi connectivity index (χ1n) is 6.88. The van der Waals surface area contributed by atoms with E-state index >= 15 is 0 Å². The van der Waals surface area contributed by atoms with Gasteiger partial charge in [-0.05, 0) is 49.2 Å². The quantitative estimate of drug-likeness (QED) is 0.823. The maximum atomic E-state index is 14.0. The van der Waals surface area contributed by atoms with Gasteiger partial charge in [0.1, 0.15) is 5.82 Å². The molecule has 0 fully saturated rings. The molecular weight excluding hydrogens is 310 g/mol. The molecule has 1 heterocycles. The van der Waals surface area contributed by atoms with Gasteiger partial charge in [0.2, 0.25) is 0 Å². The van der Waals surface area contributed by atoms with Crippen molar-refractivity contribution in [1.29, 1.82) is 0 Å². The lowest BCUT2D eigenvalue weighted by Crippen LogP contribution is -2.25. The van der Waals surface area contributed by atoms with Gasteiger partial charge >= 0.3 is 0 Å². The third-order valence-corrected chi connectivity index (χ3v) is 3.86. The normalized spacial score (nSPS) is 12.4.